The molecule has 0 aromatic heterocycles. The Morgan fingerprint density at radius 2 is 1.50 bits per heavy atom. The van der Waals surface area contributed by atoms with Crippen LogP contribution in [0.4, 0.5) is 0 Å². The molecule has 0 saturated heterocycles. The molecule has 0 saturated carbocycles. The van der Waals surface area contributed by atoms with Gasteiger partial charge in [-0.1, -0.05) is 0 Å². The van der Waals surface area contributed by atoms with Crippen LogP contribution in [0.1, 0.15) is 6.92 Å². The lowest BCUT2D eigenvalue weighted by molar-refractivity contribution is -1.37. The van der Waals surface area contributed by atoms with Gasteiger partial charge < -0.3 is 0 Å². The van der Waals surface area contributed by atoms with Crippen LogP contribution >= 0.6 is 0 Å². The van der Waals surface area contributed by atoms with Crippen LogP contribution in [0.15, 0.2) is 0 Å². The van der Waals surface area contributed by atoms with Gasteiger partial charge in [-0.2, -0.15) is 0 Å². The van der Waals surface area contributed by atoms with Crippen molar-refractivity contribution in [3.8, 4) is 0 Å². The largest absolute Gasteiger partial charge is 0.174 e. The summed E-state index contributed by atoms with van der Waals surface area (Å²) in [7, 11) is 0. The first-order chi connectivity index (χ1) is 2.56. The normalized spacial score (nSPS) is 12.0. The summed E-state index contributed by atoms with van der Waals surface area (Å²) in [6, 6.07) is 0. The minimum absolute atomic E-state index is 0.125. The van der Waals surface area contributed by atoms with Gasteiger partial charge in [-0.05, 0) is 6.92 Å². The molecule has 0 unspecified atom stereocenters. The van der Waals surface area contributed by atoms with Crippen molar-refractivity contribution in [2.24, 2.45) is 0 Å². The lowest BCUT2D eigenvalue weighted by Gasteiger charge is -2.06. The summed E-state index contributed by atoms with van der Waals surface area (Å²) in [6.45, 7) is 1.31. The highest BCUT2D eigenvalue weighted by Crippen LogP contribution is 1.81. The van der Waals surface area contributed by atoms with Crippen molar-refractivity contribution in [3.05, 3.63) is 0 Å². The van der Waals surface area contributed by atoms with E-state index >= 15 is 0 Å². The second-order valence-corrected chi connectivity index (χ2v) is 1.01. The molecule has 0 rings (SSSR count). The van der Waals surface area contributed by atoms with Crippen molar-refractivity contribution in [2.45, 2.75) is 6.92 Å². The first kappa shape index (κ1) is 5.84. The Morgan fingerprint density at radius 1 is 1.33 bits per heavy atom. The van der Waals surface area contributed by atoms with Crippen molar-refractivity contribution in [1.82, 2.24) is 0 Å². The number of hydrogen-bond donors (Lipinski definition) is 3. The van der Waals surface area contributed by atoms with E-state index in [9.17, 15) is 0 Å². The van der Waals surface area contributed by atoms with Gasteiger partial charge in [0.15, 0.2) is 6.54 Å². The van der Waals surface area contributed by atoms with Crippen LogP contribution < -0.4 is 0 Å². The standard InChI is InChI=1S/C2H8NO3/c1-2-3(4,5)6/h4-6H,2H2,1H3/q+1. The molecule has 0 spiro atoms. The van der Waals surface area contributed by atoms with Crippen LogP contribution in [0.25, 0.3) is 0 Å². The zero-order valence-electron chi connectivity index (χ0n) is 3.50. The summed E-state index contributed by atoms with van der Waals surface area (Å²) in [6.07, 6.45) is 0. The van der Waals surface area contributed by atoms with Gasteiger partial charge in [0.05, 0.1) is 4.97 Å². The van der Waals surface area contributed by atoms with Crippen molar-refractivity contribution >= 4 is 0 Å². The predicted molar refractivity (Wildman–Crippen MR) is 16.2 cm³/mol. The molecule has 0 aromatic rings. The molecule has 3 N–H and O–H groups in total. The summed E-state index contributed by atoms with van der Waals surface area (Å²) in [5.74, 6) is 0. The van der Waals surface area contributed by atoms with E-state index in [4.69, 9.17) is 15.6 Å². The SMILES string of the molecule is CC[N+](O)(O)O. The molecular formula is C2H8NO3+. The second-order valence-electron chi connectivity index (χ2n) is 1.01. The van der Waals surface area contributed by atoms with Crippen LogP contribution in [0.2, 0.25) is 0 Å². The number of rotatable bonds is 1. The maximum Gasteiger partial charge on any atom is 0.174 e. The van der Waals surface area contributed by atoms with Gasteiger partial charge in [0.1, 0.15) is 0 Å². The highest BCUT2D eigenvalue weighted by molar-refractivity contribution is 3.87. The molecule has 4 nitrogen and oxygen atoms in total. The summed E-state index contributed by atoms with van der Waals surface area (Å²) in [5, 5.41) is 23.6. The fourth-order valence-electron chi connectivity index (χ4n) is 0. The molecule has 0 radical (unpaired) electrons. The van der Waals surface area contributed by atoms with Crippen molar-refractivity contribution in [1.29, 1.82) is 0 Å². The van der Waals surface area contributed by atoms with Crippen LogP contribution in [-0.2, 0) is 0 Å². The number of hydroxylamine groups is 3. The minimum atomic E-state index is -1.93. The highest BCUT2D eigenvalue weighted by Gasteiger charge is 2.11. The van der Waals surface area contributed by atoms with Crippen LogP contribution in [0.3, 0.4) is 0 Å². The first-order valence-corrected chi connectivity index (χ1v) is 1.62. The monoisotopic (exact) mass is 94.0 g/mol. The lowest BCUT2D eigenvalue weighted by atomic mass is 10.8. The Bertz CT molecular complexity index is 38.5. The van der Waals surface area contributed by atoms with Crippen molar-refractivity contribution < 1.29 is 20.6 Å². The number of nitrogens with zero attached hydrogens (tertiary/aromatic N) is 1. The summed E-state index contributed by atoms with van der Waals surface area (Å²) in [4.78, 5) is -1.93. The topological polar surface area (TPSA) is 60.7 Å². The van der Waals surface area contributed by atoms with Gasteiger partial charge in [0, 0.05) is 0 Å². The minimum Gasteiger partial charge on any atom is -0.146 e. The Kier molecular flexibility index (Phi) is 1.48. The Balaban J connectivity index is 3.17. The summed E-state index contributed by atoms with van der Waals surface area (Å²) >= 11 is 0. The van der Waals surface area contributed by atoms with E-state index in [1.54, 1.807) is 0 Å². The van der Waals surface area contributed by atoms with Gasteiger partial charge >= 0.3 is 0 Å². The van der Waals surface area contributed by atoms with Gasteiger partial charge in [0.2, 0.25) is 0 Å². The van der Waals surface area contributed by atoms with Crippen LogP contribution in [0, 0.1) is 0 Å². The molecule has 0 heterocycles. The highest BCUT2D eigenvalue weighted by atomic mass is 17.1. The van der Waals surface area contributed by atoms with Gasteiger partial charge in [0.25, 0.3) is 0 Å². The first-order valence-electron chi connectivity index (χ1n) is 1.62. The molecule has 6 heavy (non-hydrogen) atoms. The zero-order valence-corrected chi connectivity index (χ0v) is 3.50. The molecule has 4 heteroatoms. The smallest absolute Gasteiger partial charge is 0.146 e. The molecule has 0 aliphatic carbocycles. The molecule has 0 amide bonds. The van der Waals surface area contributed by atoms with Gasteiger partial charge in [-0.15, -0.1) is 15.6 Å². The second kappa shape index (κ2) is 1.53. The lowest BCUT2D eigenvalue weighted by Crippen LogP contribution is -2.36. The van der Waals surface area contributed by atoms with E-state index in [1.165, 1.54) is 6.92 Å². The summed E-state index contributed by atoms with van der Waals surface area (Å²) in [5.41, 5.74) is 0. The molecule has 0 atom stereocenters. The van der Waals surface area contributed by atoms with Crippen molar-refractivity contribution in [3.63, 3.8) is 0 Å². The van der Waals surface area contributed by atoms with Crippen LogP contribution in [-0.4, -0.2) is 27.1 Å². The Hall–Kier alpha value is -0.160. The van der Waals surface area contributed by atoms with E-state index in [2.05, 4.69) is 0 Å². The molecule has 0 aliphatic rings. The van der Waals surface area contributed by atoms with Crippen LogP contribution in [0.5, 0.6) is 0 Å². The third-order valence-corrected chi connectivity index (χ3v) is 0.424. The third kappa shape index (κ3) is 3.84. The average Bonchev–Trinajstić information content (AvgIpc) is 1.35. The number of hydrogen-bond acceptors (Lipinski definition) is 3. The van der Waals surface area contributed by atoms with Crippen molar-refractivity contribution in [2.75, 3.05) is 6.54 Å². The average molecular weight is 94.1 g/mol. The fraction of sp³-hybridized carbons (Fsp3) is 1.00. The third-order valence-electron chi connectivity index (χ3n) is 0.424. The fourth-order valence-corrected chi connectivity index (χ4v) is 0. The predicted octanol–water partition coefficient (Wildman–Crippen LogP) is -0.00930. The van der Waals surface area contributed by atoms with Gasteiger partial charge in [-0.25, -0.2) is 0 Å². The van der Waals surface area contributed by atoms with E-state index in [-0.39, 0.29) is 6.54 Å². The maximum absolute atomic E-state index is 7.88. The van der Waals surface area contributed by atoms with E-state index in [0.717, 1.165) is 0 Å². The Labute approximate surface area is 35.3 Å². The van der Waals surface area contributed by atoms with E-state index in [1.807, 2.05) is 0 Å². The molecule has 0 bridgehead atoms. The summed E-state index contributed by atoms with van der Waals surface area (Å²) < 4.78 is 0. The van der Waals surface area contributed by atoms with E-state index in [0.29, 0.717) is 0 Å². The molecule has 0 aliphatic heterocycles. The van der Waals surface area contributed by atoms with E-state index < -0.39 is 4.97 Å². The quantitative estimate of drug-likeness (QED) is 0.316. The zero-order chi connectivity index (χ0) is 5.21. The maximum atomic E-state index is 7.88. The Morgan fingerprint density at radius 3 is 1.50 bits per heavy atom. The van der Waals surface area contributed by atoms with Gasteiger partial charge in [-0.3, -0.25) is 0 Å². The molecule has 0 fully saturated rings. The number of quaternary nitrogens is 1. The molecular weight excluding hydrogens is 86.0 g/mol. The molecule has 38 valence electrons. The molecule has 0 aromatic carbocycles.